The zero-order valence-corrected chi connectivity index (χ0v) is 6.53. The van der Waals surface area contributed by atoms with Gasteiger partial charge in [0.25, 0.3) is 0 Å². The molecule has 0 aromatic carbocycles. The second-order valence-electron chi connectivity index (χ2n) is 2.88. The van der Waals surface area contributed by atoms with Crippen LogP contribution >= 0.6 is 0 Å². The van der Waals surface area contributed by atoms with E-state index in [2.05, 4.69) is 0 Å². The highest BCUT2D eigenvalue weighted by Gasteiger charge is 2.68. The summed E-state index contributed by atoms with van der Waals surface area (Å²) in [6.07, 6.45) is -10.1. The molecule has 1 aliphatic carbocycles. The molecule has 0 radical (unpaired) electrons. The summed E-state index contributed by atoms with van der Waals surface area (Å²) in [4.78, 5) is 0. The van der Waals surface area contributed by atoms with Gasteiger partial charge in [0.1, 0.15) is 0 Å². The van der Waals surface area contributed by atoms with E-state index in [1.807, 2.05) is 0 Å². The van der Waals surface area contributed by atoms with Crippen LogP contribution in [-0.4, -0.2) is 30.4 Å². The van der Waals surface area contributed by atoms with Crippen molar-refractivity contribution in [3.8, 4) is 0 Å². The third-order valence-corrected chi connectivity index (χ3v) is 1.88. The van der Waals surface area contributed by atoms with Crippen molar-refractivity contribution in [3.05, 3.63) is 12.2 Å². The number of halogens is 7. The van der Waals surface area contributed by atoms with E-state index in [9.17, 15) is 30.7 Å². The van der Waals surface area contributed by atoms with E-state index in [1.165, 1.54) is 0 Å². The monoisotopic (exact) mass is 222 g/mol. The first kappa shape index (κ1) is 11.3. The number of alkyl halides is 7. The maximum absolute atomic E-state index is 12.5. The summed E-state index contributed by atoms with van der Waals surface area (Å²) in [5.74, 6) is -10.6. The zero-order valence-electron chi connectivity index (χ0n) is 6.53. The Kier molecular flexibility index (Phi) is 2.53. The van der Waals surface area contributed by atoms with Gasteiger partial charge in [-0.05, 0) is 12.2 Å². The Balaban J connectivity index is 3.14. The average Bonchev–Trinajstić information content (AvgIpc) is 2.13. The average molecular weight is 222 g/mol. The normalized spacial score (nSPS) is 40.6. The minimum Gasteiger partial charge on any atom is -0.239 e. The van der Waals surface area contributed by atoms with Crippen LogP contribution in [0.2, 0.25) is 0 Å². The van der Waals surface area contributed by atoms with E-state index in [4.69, 9.17) is 0 Å². The molecule has 0 aromatic rings. The first-order chi connectivity index (χ1) is 6.21. The molecule has 1 aliphatic rings. The molecule has 0 aliphatic heterocycles. The Morgan fingerprint density at radius 2 is 1.29 bits per heavy atom. The highest BCUT2D eigenvalue weighted by atomic mass is 19.3. The second-order valence-corrected chi connectivity index (χ2v) is 2.88. The molecule has 0 amide bonds. The molecule has 0 heterocycles. The van der Waals surface area contributed by atoms with Gasteiger partial charge in [-0.2, -0.15) is 17.6 Å². The molecule has 0 spiro atoms. The smallest absolute Gasteiger partial charge is 0.239 e. The van der Waals surface area contributed by atoms with Crippen molar-refractivity contribution < 1.29 is 30.7 Å². The third kappa shape index (κ3) is 1.38. The molecule has 1 rings (SSSR count). The van der Waals surface area contributed by atoms with Crippen molar-refractivity contribution in [2.24, 2.45) is 0 Å². The quantitative estimate of drug-likeness (QED) is 0.436. The number of allylic oxidation sites excluding steroid dienone is 2. The molecule has 0 N–H and O–H groups in total. The molecule has 0 saturated heterocycles. The summed E-state index contributed by atoms with van der Waals surface area (Å²) in [6.45, 7) is 0. The van der Waals surface area contributed by atoms with E-state index >= 15 is 0 Å². The van der Waals surface area contributed by atoms with Crippen LogP contribution in [0.4, 0.5) is 30.7 Å². The van der Waals surface area contributed by atoms with Crippen LogP contribution in [0, 0.1) is 0 Å². The van der Waals surface area contributed by atoms with Crippen molar-refractivity contribution in [1.82, 2.24) is 0 Å². The Hall–Kier alpha value is -0.750. The fourth-order valence-corrected chi connectivity index (χ4v) is 0.990. The predicted molar refractivity (Wildman–Crippen MR) is 33.7 cm³/mol. The molecule has 0 nitrogen and oxygen atoms in total. The molecule has 14 heavy (non-hydrogen) atoms. The van der Waals surface area contributed by atoms with Crippen LogP contribution in [0.25, 0.3) is 0 Å². The first-order valence-corrected chi connectivity index (χ1v) is 3.57. The van der Waals surface area contributed by atoms with Crippen LogP contribution in [0.1, 0.15) is 0 Å². The highest BCUT2D eigenvalue weighted by Crippen LogP contribution is 2.45. The summed E-state index contributed by atoms with van der Waals surface area (Å²) in [5, 5.41) is 0. The van der Waals surface area contributed by atoms with Gasteiger partial charge in [-0.3, -0.25) is 0 Å². The first-order valence-electron chi connectivity index (χ1n) is 3.57. The van der Waals surface area contributed by atoms with Gasteiger partial charge in [-0.25, -0.2) is 13.2 Å². The summed E-state index contributed by atoms with van der Waals surface area (Å²) >= 11 is 0. The van der Waals surface area contributed by atoms with Crippen LogP contribution in [0.3, 0.4) is 0 Å². The van der Waals surface area contributed by atoms with Crippen LogP contribution in [-0.2, 0) is 0 Å². The minimum absolute atomic E-state index is 0.0319. The number of hydrogen-bond acceptors (Lipinski definition) is 0. The van der Waals surface area contributed by atoms with Crippen molar-refractivity contribution in [2.75, 3.05) is 0 Å². The third-order valence-electron chi connectivity index (χ3n) is 1.88. The van der Waals surface area contributed by atoms with Gasteiger partial charge < -0.3 is 0 Å². The van der Waals surface area contributed by atoms with Crippen LogP contribution < -0.4 is 0 Å². The van der Waals surface area contributed by atoms with Gasteiger partial charge in [0.2, 0.25) is 6.17 Å². The largest absolute Gasteiger partial charge is 0.347 e. The van der Waals surface area contributed by atoms with Gasteiger partial charge in [0.15, 0.2) is 12.3 Å². The predicted octanol–water partition coefficient (Wildman–Crippen LogP) is 2.84. The van der Waals surface area contributed by atoms with Crippen LogP contribution in [0.5, 0.6) is 0 Å². The number of hydrogen-bond donors (Lipinski definition) is 0. The molecular weight excluding hydrogens is 217 g/mol. The Morgan fingerprint density at radius 1 is 0.786 bits per heavy atom. The van der Waals surface area contributed by atoms with Crippen molar-refractivity contribution in [1.29, 1.82) is 0 Å². The maximum atomic E-state index is 12.5. The van der Waals surface area contributed by atoms with Gasteiger partial charge in [-0.15, -0.1) is 0 Å². The molecular formula is C7H5F7. The lowest BCUT2D eigenvalue weighted by atomic mass is 10.0. The Labute approximate surface area is 74.4 Å². The van der Waals surface area contributed by atoms with Crippen LogP contribution in [0.15, 0.2) is 12.2 Å². The molecule has 0 saturated carbocycles. The molecule has 0 bridgehead atoms. The van der Waals surface area contributed by atoms with Crippen molar-refractivity contribution >= 4 is 0 Å². The highest BCUT2D eigenvalue weighted by molar-refractivity contribution is 5.13. The van der Waals surface area contributed by atoms with Gasteiger partial charge in [-0.1, -0.05) is 0 Å². The summed E-state index contributed by atoms with van der Waals surface area (Å²) in [7, 11) is 0. The maximum Gasteiger partial charge on any atom is 0.347 e. The fraction of sp³-hybridized carbons (Fsp3) is 0.714. The lowest BCUT2D eigenvalue weighted by molar-refractivity contribution is -0.259. The lowest BCUT2D eigenvalue weighted by Crippen LogP contribution is -2.53. The zero-order chi connectivity index (χ0) is 11.1. The summed E-state index contributed by atoms with van der Waals surface area (Å²) in [5.41, 5.74) is 0. The fourth-order valence-electron chi connectivity index (χ4n) is 0.990. The Bertz CT molecular complexity index is 246. The molecule has 82 valence electrons. The lowest BCUT2D eigenvalue weighted by Gasteiger charge is -2.28. The molecule has 0 aromatic heterocycles. The SMILES string of the molecule is FC1C=CC(F)C(F)(F)C(F)(F)C1F. The molecule has 3 unspecified atom stereocenters. The standard InChI is InChI=1S/C7H5F7/c8-3-1-2-4(9)6(11,12)7(13,14)5(3)10/h1-5H. The van der Waals surface area contributed by atoms with E-state index in [1.54, 1.807) is 0 Å². The van der Waals surface area contributed by atoms with E-state index in [0.717, 1.165) is 0 Å². The van der Waals surface area contributed by atoms with E-state index in [-0.39, 0.29) is 12.2 Å². The second kappa shape index (κ2) is 3.13. The Morgan fingerprint density at radius 3 is 1.79 bits per heavy atom. The topological polar surface area (TPSA) is 0 Å². The van der Waals surface area contributed by atoms with Gasteiger partial charge >= 0.3 is 11.8 Å². The van der Waals surface area contributed by atoms with E-state index < -0.39 is 30.4 Å². The van der Waals surface area contributed by atoms with Gasteiger partial charge in [0, 0.05) is 0 Å². The molecule has 0 fully saturated rings. The number of rotatable bonds is 0. The van der Waals surface area contributed by atoms with Gasteiger partial charge in [0.05, 0.1) is 0 Å². The van der Waals surface area contributed by atoms with E-state index in [0.29, 0.717) is 0 Å². The molecule has 7 heteroatoms. The van der Waals surface area contributed by atoms with Crippen molar-refractivity contribution in [3.63, 3.8) is 0 Å². The van der Waals surface area contributed by atoms with Crippen molar-refractivity contribution in [2.45, 2.75) is 30.4 Å². The summed E-state index contributed by atoms with van der Waals surface area (Å²) in [6, 6.07) is 0. The molecule has 3 atom stereocenters. The summed E-state index contributed by atoms with van der Waals surface area (Å²) < 4.78 is 87.2. The minimum atomic E-state index is -5.35.